The Morgan fingerprint density at radius 2 is 1.57 bits per heavy atom. The van der Waals surface area contributed by atoms with E-state index in [0.29, 0.717) is 5.56 Å². The minimum Gasteiger partial charge on any atom is -0.352 e. The number of likely N-dealkylation sites (N-methyl/N-ethyl adjacent to an activating group) is 2. The van der Waals surface area contributed by atoms with Crippen molar-refractivity contribution in [3.63, 3.8) is 0 Å². The Bertz CT molecular complexity index is 971. The molecule has 35 heavy (non-hydrogen) atoms. The van der Waals surface area contributed by atoms with Crippen LogP contribution >= 0.6 is 0 Å². The van der Waals surface area contributed by atoms with Crippen molar-refractivity contribution in [2.24, 2.45) is 5.92 Å². The third kappa shape index (κ3) is 8.31. The number of nitrogens with one attached hydrogen (secondary N) is 1. The molecule has 0 spiro atoms. The van der Waals surface area contributed by atoms with Gasteiger partial charge >= 0.3 is 11.8 Å². The molecular weight excluding hydrogens is 455 g/mol. The number of rotatable bonds is 10. The van der Waals surface area contributed by atoms with Crippen LogP contribution in [0, 0.1) is 11.7 Å². The summed E-state index contributed by atoms with van der Waals surface area (Å²) in [5.41, 5.74) is 0.846. The minimum atomic E-state index is -0.904. The fraction of sp³-hybridized carbons (Fsp3) is 0.480. The number of Topliss-reactive ketones (excluding diaryl/α,β-unsaturated/α-hetero) is 1. The van der Waals surface area contributed by atoms with Crippen LogP contribution in [0.3, 0.4) is 0 Å². The average Bonchev–Trinajstić information content (AvgIpc) is 3.33. The molecule has 1 aliphatic rings. The Kier molecular flexibility index (Phi) is 10.1. The summed E-state index contributed by atoms with van der Waals surface area (Å²) in [6.07, 6.45) is 3.19. The third-order valence-electron chi connectivity index (χ3n) is 5.86. The molecule has 4 amide bonds. The molecule has 1 saturated carbocycles. The summed E-state index contributed by atoms with van der Waals surface area (Å²) >= 11 is 0. The molecular formula is C25H33FN4O5. The first-order valence-electron chi connectivity index (χ1n) is 11.5. The van der Waals surface area contributed by atoms with Crippen molar-refractivity contribution in [3.05, 3.63) is 47.9 Å². The van der Waals surface area contributed by atoms with E-state index in [9.17, 15) is 28.4 Å². The summed E-state index contributed by atoms with van der Waals surface area (Å²) < 4.78 is 13.0. The van der Waals surface area contributed by atoms with Gasteiger partial charge in [0.05, 0.1) is 13.0 Å². The van der Waals surface area contributed by atoms with Gasteiger partial charge in [0, 0.05) is 39.9 Å². The molecule has 190 valence electrons. The van der Waals surface area contributed by atoms with E-state index >= 15 is 0 Å². The molecule has 1 fully saturated rings. The number of hydrogen-bond acceptors (Lipinski definition) is 5. The molecule has 0 bridgehead atoms. The minimum absolute atomic E-state index is 0.0892. The summed E-state index contributed by atoms with van der Waals surface area (Å²) in [4.78, 5) is 65.7. The quantitative estimate of drug-likeness (QED) is 0.397. The molecule has 1 aromatic carbocycles. The molecule has 0 heterocycles. The van der Waals surface area contributed by atoms with E-state index in [0.717, 1.165) is 35.5 Å². The van der Waals surface area contributed by atoms with Gasteiger partial charge in [-0.15, -0.1) is 0 Å². The summed E-state index contributed by atoms with van der Waals surface area (Å²) in [5, 5.41) is 2.55. The zero-order chi connectivity index (χ0) is 26.1. The van der Waals surface area contributed by atoms with Gasteiger partial charge < -0.3 is 20.0 Å². The predicted molar refractivity (Wildman–Crippen MR) is 127 cm³/mol. The number of carbonyl (C=O) groups is 5. The average molecular weight is 489 g/mol. The second-order valence-corrected chi connectivity index (χ2v) is 9.00. The highest BCUT2D eigenvalue weighted by molar-refractivity contribution is 6.39. The topological polar surface area (TPSA) is 107 Å². The van der Waals surface area contributed by atoms with Gasteiger partial charge in [0.2, 0.25) is 11.7 Å². The fourth-order valence-electron chi connectivity index (χ4n) is 3.83. The van der Waals surface area contributed by atoms with Crippen LogP contribution in [0.4, 0.5) is 4.39 Å². The Labute approximate surface area is 204 Å². The lowest BCUT2D eigenvalue weighted by Gasteiger charge is -2.29. The van der Waals surface area contributed by atoms with Crippen LogP contribution in [-0.4, -0.2) is 78.3 Å². The Balaban J connectivity index is 2.02. The van der Waals surface area contributed by atoms with E-state index in [2.05, 4.69) is 11.9 Å². The maximum absolute atomic E-state index is 13.0. The molecule has 2 rings (SSSR count). The van der Waals surface area contributed by atoms with Gasteiger partial charge in [-0.05, 0) is 36.5 Å². The highest BCUT2D eigenvalue weighted by atomic mass is 19.1. The van der Waals surface area contributed by atoms with E-state index in [1.54, 1.807) is 0 Å². The Morgan fingerprint density at radius 3 is 2.14 bits per heavy atom. The largest absolute Gasteiger partial charge is 0.352 e. The van der Waals surface area contributed by atoms with Gasteiger partial charge in [0.25, 0.3) is 5.91 Å². The van der Waals surface area contributed by atoms with Crippen molar-refractivity contribution in [2.75, 3.05) is 34.2 Å². The van der Waals surface area contributed by atoms with Crippen LogP contribution in [0.25, 0.3) is 0 Å². The summed E-state index contributed by atoms with van der Waals surface area (Å²) in [6.45, 7) is 4.11. The highest BCUT2D eigenvalue weighted by Crippen LogP contribution is 2.26. The number of halogens is 1. The molecule has 1 N–H and O–H groups in total. The van der Waals surface area contributed by atoms with Gasteiger partial charge in [-0.25, -0.2) is 4.39 Å². The Morgan fingerprint density at radius 1 is 0.971 bits per heavy atom. The molecule has 0 aromatic heterocycles. The highest BCUT2D eigenvalue weighted by Gasteiger charge is 2.30. The zero-order valence-electron chi connectivity index (χ0n) is 20.5. The van der Waals surface area contributed by atoms with Crippen molar-refractivity contribution < 1.29 is 28.4 Å². The van der Waals surface area contributed by atoms with Crippen molar-refractivity contribution in [1.82, 2.24) is 20.0 Å². The van der Waals surface area contributed by atoms with Crippen LogP contribution in [-0.2, 0) is 30.5 Å². The first-order valence-corrected chi connectivity index (χ1v) is 11.5. The van der Waals surface area contributed by atoms with Gasteiger partial charge in [-0.2, -0.15) is 0 Å². The lowest BCUT2D eigenvalue weighted by Crippen LogP contribution is -2.46. The zero-order valence-corrected chi connectivity index (χ0v) is 20.5. The lowest BCUT2D eigenvalue weighted by atomic mass is 10.1. The van der Waals surface area contributed by atoms with Gasteiger partial charge in [0.1, 0.15) is 5.82 Å². The van der Waals surface area contributed by atoms with Crippen molar-refractivity contribution in [1.29, 1.82) is 0 Å². The normalized spacial score (nSPS) is 13.1. The van der Waals surface area contributed by atoms with E-state index in [-0.39, 0.29) is 31.2 Å². The number of carbonyl (C=O) groups excluding carboxylic acids is 5. The van der Waals surface area contributed by atoms with Crippen LogP contribution < -0.4 is 5.32 Å². The van der Waals surface area contributed by atoms with Crippen LogP contribution in [0.2, 0.25) is 0 Å². The van der Waals surface area contributed by atoms with Crippen LogP contribution in [0.5, 0.6) is 0 Å². The maximum atomic E-state index is 13.0. The maximum Gasteiger partial charge on any atom is 0.312 e. The molecule has 0 saturated heterocycles. The SMILES string of the molecule is C=C(CN(C)C(=O)C(=O)N(C)C)N(CC1CCCC1)C(=O)C(=O)CC(=O)NCc1ccc(F)cc1. The molecule has 1 aromatic rings. The van der Waals surface area contributed by atoms with E-state index in [1.165, 1.54) is 50.3 Å². The summed E-state index contributed by atoms with van der Waals surface area (Å²) in [5.74, 6) is -4.12. The fourth-order valence-corrected chi connectivity index (χ4v) is 3.83. The van der Waals surface area contributed by atoms with E-state index < -0.39 is 41.7 Å². The van der Waals surface area contributed by atoms with Crippen LogP contribution in [0.15, 0.2) is 36.5 Å². The first-order chi connectivity index (χ1) is 16.5. The number of ketones is 1. The van der Waals surface area contributed by atoms with Gasteiger partial charge in [-0.1, -0.05) is 31.6 Å². The van der Waals surface area contributed by atoms with Crippen molar-refractivity contribution in [3.8, 4) is 0 Å². The summed E-state index contributed by atoms with van der Waals surface area (Å²) in [7, 11) is 4.33. The first kappa shape index (κ1) is 27.7. The number of benzene rings is 1. The second-order valence-electron chi connectivity index (χ2n) is 9.00. The van der Waals surface area contributed by atoms with Gasteiger partial charge in [0.15, 0.2) is 0 Å². The standard InChI is InChI=1S/C25H33FN4O5/c1-17(15-29(4)25(35)24(34)28(2)3)30(16-19-7-5-6-8-19)23(33)21(31)13-22(32)27-14-18-9-11-20(26)12-10-18/h9-12,19H,1,5-8,13-16H2,2-4H3,(H,27,32). The molecule has 9 nitrogen and oxygen atoms in total. The predicted octanol–water partition coefficient (Wildman–Crippen LogP) is 1.48. The molecule has 1 aliphatic carbocycles. The van der Waals surface area contributed by atoms with E-state index in [4.69, 9.17) is 0 Å². The smallest absolute Gasteiger partial charge is 0.312 e. The molecule has 0 unspecified atom stereocenters. The summed E-state index contributed by atoms with van der Waals surface area (Å²) in [6, 6.07) is 5.54. The number of nitrogens with zero attached hydrogens (tertiary/aromatic N) is 3. The monoisotopic (exact) mass is 488 g/mol. The van der Waals surface area contributed by atoms with Crippen molar-refractivity contribution >= 4 is 29.4 Å². The Hall–Kier alpha value is -3.56. The number of hydrogen-bond donors (Lipinski definition) is 1. The van der Waals surface area contributed by atoms with Crippen LogP contribution in [0.1, 0.15) is 37.7 Å². The molecule has 10 heteroatoms. The third-order valence-corrected chi connectivity index (χ3v) is 5.86. The lowest BCUT2D eigenvalue weighted by molar-refractivity contribution is -0.149. The van der Waals surface area contributed by atoms with Gasteiger partial charge in [-0.3, -0.25) is 24.0 Å². The van der Waals surface area contributed by atoms with E-state index in [1.807, 2.05) is 0 Å². The molecule has 0 aliphatic heterocycles. The van der Waals surface area contributed by atoms with Crippen molar-refractivity contribution in [2.45, 2.75) is 38.6 Å². The molecule has 0 radical (unpaired) electrons. The molecule has 0 atom stereocenters. The second kappa shape index (κ2) is 12.8. The number of amides is 4.